The van der Waals surface area contributed by atoms with Crippen LogP contribution in [0.25, 0.3) is 11.1 Å². The van der Waals surface area contributed by atoms with Crippen molar-refractivity contribution in [3.63, 3.8) is 0 Å². The molecule has 0 bridgehead atoms. The van der Waals surface area contributed by atoms with E-state index in [2.05, 4.69) is 0 Å². The summed E-state index contributed by atoms with van der Waals surface area (Å²) in [4.78, 5) is 12.2. The van der Waals surface area contributed by atoms with Crippen LogP contribution in [0.2, 0.25) is 0 Å². The predicted molar refractivity (Wildman–Crippen MR) is 103 cm³/mol. The van der Waals surface area contributed by atoms with Gasteiger partial charge in [0.25, 0.3) is 0 Å². The van der Waals surface area contributed by atoms with Crippen LogP contribution in [0.1, 0.15) is 12.0 Å². The smallest absolute Gasteiger partial charge is 0.311 e. The lowest BCUT2D eigenvalue weighted by molar-refractivity contribution is -0.134. The van der Waals surface area contributed by atoms with Crippen LogP contribution in [-0.2, 0) is 11.2 Å². The molecule has 3 aromatic rings. The Hall–Kier alpha value is -3.27. The SMILES string of the molecule is O=C(CCc1ccc2c(c1)OCCO2)Oc1ccc(-c2ccccc2)cc1. The van der Waals surface area contributed by atoms with E-state index in [1.807, 2.05) is 72.8 Å². The molecule has 0 aliphatic carbocycles. The Morgan fingerprint density at radius 3 is 2.30 bits per heavy atom. The van der Waals surface area contributed by atoms with Crippen LogP contribution in [0.5, 0.6) is 17.2 Å². The fourth-order valence-electron chi connectivity index (χ4n) is 3.02. The molecule has 1 aliphatic heterocycles. The summed E-state index contributed by atoms with van der Waals surface area (Å²) in [6.45, 7) is 1.12. The summed E-state index contributed by atoms with van der Waals surface area (Å²) in [5.74, 6) is 1.80. The van der Waals surface area contributed by atoms with Crippen molar-refractivity contribution in [1.29, 1.82) is 0 Å². The number of aryl methyl sites for hydroxylation is 1. The second-order valence-corrected chi connectivity index (χ2v) is 6.34. The Labute approximate surface area is 158 Å². The molecule has 0 aromatic heterocycles. The fourth-order valence-corrected chi connectivity index (χ4v) is 3.02. The van der Waals surface area contributed by atoms with E-state index in [1.54, 1.807) is 0 Å². The number of hydrogen-bond acceptors (Lipinski definition) is 4. The third-order valence-electron chi connectivity index (χ3n) is 4.42. The van der Waals surface area contributed by atoms with E-state index < -0.39 is 0 Å². The predicted octanol–water partition coefficient (Wildman–Crippen LogP) is 4.66. The highest BCUT2D eigenvalue weighted by atomic mass is 16.6. The van der Waals surface area contributed by atoms with Crippen molar-refractivity contribution >= 4 is 5.97 Å². The number of carbonyl (C=O) groups is 1. The molecule has 0 unspecified atom stereocenters. The molecule has 27 heavy (non-hydrogen) atoms. The van der Waals surface area contributed by atoms with Crippen molar-refractivity contribution in [2.24, 2.45) is 0 Å². The maximum Gasteiger partial charge on any atom is 0.311 e. The number of ether oxygens (including phenoxy) is 3. The van der Waals surface area contributed by atoms with Gasteiger partial charge in [0.05, 0.1) is 0 Å². The molecule has 0 N–H and O–H groups in total. The standard InChI is InChI=1S/C23H20O4/c24-23(13-7-17-6-12-21-22(16-17)26-15-14-25-21)27-20-10-8-19(9-11-20)18-4-2-1-3-5-18/h1-6,8-12,16H,7,13-15H2. The summed E-state index contributed by atoms with van der Waals surface area (Å²) in [6.07, 6.45) is 0.900. The van der Waals surface area contributed by atoms with Crippen LogP contribution in [-0.4, -0.2) is 19.2 Å². The molecular formula is C23H20O4. The van der Waals surface area contributed by atoms with Crippen LogP contribution >= 0.6 is 0 Å². The second-order valence-electron chi connectivity index (χ2n) is 6.34. The highest BCUT2D eigenvalue weighted by Crippen LogP contribution is 2.31. The third-order valence-corrected chi connectivity index (χ3v) is 4.42. The van der Waals surface area contributed by atoms with E-state index in [9.17, 15) is 4.79 Å². The average Bonchev–Trinajstić information content (AvgIpc) is 2.73. The molecular weight excluding hydrogens is 340 g/mol. The zero-order chi connectivity index (χ0) is 18.5. The van der Waals surface area contributed by atoms with Gasteiger partial charge >= 0.3 is 5.97 Å². The van der Waals surface area contributed by atoms with Crippen molar-refractivity contribution in [2.75, 3.05) is 13.2 Å². The van der Waals surface area contributed by atoms with Crippen molar-refractivity contribution in [1.82, 2.24) is 0 Å². The molecule has 136 valence electrons. The van der Waals surface area contributed by atoms with Crippen LogP contribution in [0.4, 0.5) is 0 Å². The lowest BCUT2D eigenvalue weighted by atomic mass is 10.1. The molecule has 0 spiro atoms. The molecule has 0 saturated carbocycles. The first-order valence-electron chi connectivity index (χ1n) is 9.03. The molecule has 0 amide bonds. The Bertz CT molecular complexity index is 917. The van der Waals surface area contributed by atoms with Crippen molar-refractivity contribution in [3.8, 4) is 28.4 Å². The van der Waals surface area contributed by atoms with E-state index >= 15 is 0 Å². The van der Waals surface area contributed by atoms with Crippen molar-refractivity contribution in [3.05, 3.63) is 78.4 Å². The molecule has 3 aromatic carbocycles. The van der Waals surface area contributed by atoms with Crippen LogP contribution in [0.15, 0.2) is 72.8 Å². The molecule has 4 rings (SSSR count). The molecule has 1 heterocycles. The fraction of sp³-hybridized carbons (Fsp3) is 0.174. The number of hydrogen-bond donors (Lipinski definition) is 0. The highest BCUT2D eigenvalue weighted by molar-refractivity contribution is 5.73. The first kappa shape index (κ1) is 17.2. The van der Waals surface area contributed by atoms with Gasteiger partial charge < -0.3 is 14.2 Å². The molecule has 0 atom stereocenters. The second kappa shape index (κ2) is 7.96. The maximum atomic E-state index is 12.2. The molecule has 4 heteroatoms. The number of benzene rings is 3. The average molecular weight is 360 g/mol. The lowest BCUT2D eigenvalue weighted by Gasteiger charge is -2.18. The van der Waals surface area contributed by atoms with Gasteiger partial charge in [0.15, 0.2) is 11.5 Å². The first-order chi connectivity index (χ1) is 13.3. The summed E-state index contributed by atoms with van der Waals surface area (Å²) < 4.78 is 16.5. The zero-order valence-corrected chi connectivity index (χ0v) is 14.9. The number of fused-ring (bicyclic) bond motifs is 1. The Kier molecular flexibility index (Phi) is 5.06. The maximum absolute atomic E-state index is 12.2. The molecule has 1 aliphatic rings. The summed E-state index contributed by atoms with van der Waals surface area (Å²) >= 11 is 0. The van der Waals surface area contributed by atoms with Crippen LogP contribution in [0.3, 0.4) is 0 Å². The number of esters is 1. The summed E-state index contributed by atoms with van der Waals surface area (Å²) in [5.41, 5.74) is 3.25. The van der Waals surface area contributed by atoms with Crippen molar-refractivity contribution < 1.29 is 19.0 Å². The Balaban J connectivity index is 1.33. The molecule has 0 saturated heterocycles. The third kappa shape index (κ3) is 4.29. The quantitative estimate of drug-likeness (QED) is 0.490. The summed E-state index contributed by atoms with van der Waals surface area (Å²) in [7, 11) is 0. The minimum absolute atomic E-state index is 0.252. The Morgan fingerprint density at radius 2 is 1.52 bits per heavy atom. The first-order valence-corrected chi connectivity index (χ1v) is 9.03. The van der Waals surface area contributed by atoms with E-state index in [4.69, 9.17) is 14.2 Å². The van der Waals surface area contributed by atoms with Gasteiger partial charge in [-0.2, -0.15) is 0 Å². The minimum atomic E-state index is -0.252. The lowest BCUT2D eigenvalue weighted by Crippen LogP contribution is -2.15. The zero-order valence-electron chi connectivity index (χ0n) is 14.9. The van der Waals surface area contributed by atoms with Gasteiger partial charge in [-0.3, -0.25) is 4.79 Å². The van der Waals surface area contributed by atoms with E-state index in [-0.39, 0.29) is 5.97 Å². The number of carbonyl (C=O) groups excluding carboxylic acids is 1. The van der Waals surface area contributed by atoms with Gasteiger partial charge in [0.1, 0.15) is 19.0 Å². The molecule has 0 radical (unpaired) electrons. The summed E-state index contributed by atoms with van der Waals surface area (Å²) in [6, 6.07) is 23.4. The molecule has 4 nitrogen and oxygen atoms in total. The van der Waals surface area contributed by atoms with Gasteiger partial charge in [-0.05, 0) is 47.4 Å². The van der Waals surface area contributed by atoms with Gasteiger partial charge in [0, 0.05) is 6.42 Å². The monoisotopic (exact) mass is 360 g/mol. The van der Waals surface area contributed by atoms with Gasteiger partial charge in [-0.25, -0.2) is 0 Å². The van der Waals surface area contributed by atoms with E-state index in [1.165, 1.54) is 0 Å². The van der Waals surface area contributed by atoms with Crippen LogP contribution < -0.4 is 14.2 Å². The minimum Gasteiger partial charge on any atom is -0.486 e. The van der Waals surface area contributed by atoms with Gasteiger partial charge in [-0.15, -0.1) is 0 Å². The van der Waals surface area contributed by atoms with Gasteiger partial charge in [0.2, 0.25) is 0 Å². The highest BCUT2D eigenvalue weighted by Gasteiger charge is 2.13. The van der Waals surface area contributed by atoms with Crippen molar-refractivity contribution in [2.45, 2.75) is 12.8 Å². The normalized spacial score (nSPS) is 12.4. The van der Waals surface area contributed by atoms with Gasteiger partial charge in [-0.1, -0.05) is 48.5 Å². The summed E-state index contributed by atoms with van der Waals surface area (Å²) in [5, 5.41) is 0. The van der Waals surface area contributed by atoms with E-state index in [0.29, 0.717) is 31.8 Å². The number of rotatable bonds is 5. The Morgan fingerprint density at radius 1 is 0.815 bits per heavy atom. The molecule has 0 fully saturated rings. The van der Waals surface area contributed by atoms with E-state index in [0.717, 1.165) is 28.2 Å². The largest absolute Gasteiger partial charge is 0.486 e. The topological polar surface area (TPSA) is 44.8 Å². The van der Waals surface area contributed by atoms with Crippen LogP contribution in [0, 0.1) is 0 Å².